The van der Waals surface area contributed by atoms with Crippen LogP contribution in [0.25, 0.3) is 0 Å². The number of hydrogen-bond acceptors (Lipinski definition) is 4. The van der Waals surface area contributed by atoms with E-state index in [1.54, 1.807) is 6.92 Å². The molecule has 0 aliphatic heterocycles. The summed E-state index contributed by atoms with van der Waals surface area (Å²) in [4.78, 5) is 0. The third kappa shape index (κ3) is 4.99. The second-order valence-corrected chi connectivity index (χ2v) is 8.82. The molecule has 0 N–H and O–H groups in total. The van der Waals surface area contributed by atoms with E-state index >= 15 is 0 Å². The molecule has 6 heteroatoms. The van der Waals surface area contributed by atoms with Crippen LogP contribution in [-0.4, -0.2) is 33.1 Å². The predicted octanol–water partition coefficient (Wildman–Crippen LogP) is 1.76. The molecule has 0 aromatic heterocycles. The SMILES string of the molecule is CCC#CS(=O)(=O)C(C)C(C)S(=O)(=O)CCCC. The molecular formula is C12H22O4S2. The molecule has 2 unspecified atom stereocenters. The highest BCUT2D eigenvalue weighted by Crippen LogP contribution is 2.16. The van der Waals surface area contributed by atoms with E-state index in [-0.39, 0.29) is 5.75 Å². The van der Waals surface area contributed by atoms with Crippen molar-refractivity contribution in [3.05, 3.63) is 0 Å². The molecule has 2 atom stereocenters. The van der Waals surface area contributed by atoms with Gasteiger partial charge in [-0.2, -0.15) is 0 Å². The summed E-state index contributed by atoms with van der Waals surface area (Å²) in [5.74, 6) is 2.52. The maximum absolute atomic E-state index is 11.9. The van der Waals surface area contributed by atoms with Crippen LogP contribution in [0.5, 0.6) is 0 Å². The summed E-state index contributed by atoms with van der Waals surface area (Å²) in [5, 5.41) is 0.271. The van der Waals surface area contributed by atoms with Gasteiger partial charge in [0.15, 0.2) is 9.84 Å². The first kappa shape index (κ1) is 17.5. The van der Waals surface area contributed by atoms with Gasteiger partial charge in [-0.05, 0) is 20.3 Å². The largest absolute Gasteiger partial charge is 0.229 e. The van der Waals surface area contributed by atoms with Crippen LogP contribution in [0.3, 0.4) is 0 Å². The Balaban J connectivity index is 5.06. The Morgan fingerprint density at radius 3 is 2.00 bits per heavy atom. The third-order valence-electron chi connectivity index (χ3n) is 2.89. The van der Waals surface area contributed by atoms with Gasteiger partial charge in [0.25, 0.3) is 0 Å². The van der Waals surface area contributed by atoms with Crippen LogP contribution >= 0.6 is 0 Å². The molecule has 0 aromatic carbocycles. The van der Waals surface area contributed by atoms with Gasteiger partial charge in [-0.3, -0.25) is 0 Å². The van der Waals surface area contributed by atoms with E-state index in [1.165, 1.54) is 13.8 Å². The van der Waals surface area contributed by atoms with Crippen LogP contribution in [0.1, 0.15) is 47.0 Å². The van der Waals surface area contributed by atoms with Crippen LogP contribution in [0.4, 0.5) is 0 Å². The minimum Gasteiger partial charge on any atom is -0.229 e. The molecule has 0 saturated carbocycles. The summed E-state index contributed by atoms with van der Waals surface area (Å²) in [6, 6.07) is 0. The molecule has 0 spiro atoms. The molecule has 0 amide bonds. The van der Waals surface area contributed by atoms with Crippen molar-refractivity contribution in [2.24, 2.45) is 0 Å². The van der Waals surface area contributed by atoms with E-state index in [2.05, 4.69) is 11.2 Å². The van der Waals surface area contributed by atoms with Crippen molar-refractivity contribution >= 4 is 19.7 Å². The molecule has 18 heavy (non-hydrogen) atoms. The van der Waals surface area contributed by atoms with Crippen LogP contribution in [0, 0.1) is 11.2 Å². The zero-order valence-electron chi connectivity index (χ0n) is 11.4. The van der Waals surface area contributed by atoms with Crippen LogP contribution < -0.4 is 0 Å². The Bertz CT molecular complexity index is 506. The quantitative estimate of drug-likeness (QED) is 0.553. The number of hydrogen-bond donors (Lipinski definition) is 0. The summed E-state index contributed by atoms with van der Waals surface area (Å²) < 4.78 is 47.5. The molecule has 0 heterocycles. The van der Waals surface area contributed by atoms with Crippen LogP contribution in [0.15, 0.2) is 0 Å². The fraction of sp³-hybridized carbons (Fsp3) is 0.833. The first-order valence-corrected chi connectivity index (χ1v) is 9.40. The number of rotatable bonds is 6. The molecule has 0 aromatic rings. The molecule has 0 aliphatic carbocycles. The van der Waals surface area contributed by atoms with Gasteiger partial charge in [0.05, 0.1) is 16.3 Å². The highest BCUT2D eigenvalue weighted by Gasteiger charge is 2.33. The van der Waals surface area contributed by atoms with Crippen molar-refractivity contribution in [2.45, 2.75) is 57.5 Å². The minimum atomic E-state index is -3.67. The Morgan fingerprint density at radius 2 is 1.56 bits per heavy atom. The summed E-state index contributed by atoms with van der Waals surface area (Å²) in [6.07, 6.45) is 1.76. The first-order valence-electron chi connectivity index (χ1n) is 6.14. The van der Waals surface area contributed by atoms with Crippen molar-refractivity contribution in [3.63, 3.8) is 0 Å². The molecular weight excluding hydrogens is 272 g/mol. The van der Waals surface area contributed by atoms with Crippen LogP contribution in [-0.2, 0) is 19.7 Å². The van der Waals surface area contributed by atoms with Gasteiger partial charge >= 0.3 is 0 Å². The summed E-state index contributed by atoms with van der Waals surface area (Å²) in [6.45, 7) is 6.50. The Morgan fingerprint density at radius 1 is 1.00 bits per heavy atom. The van der Waals surface area contributed by atoms with E-state index in [0.29, 0.717) is 12.8 Å². The summed E-state index contributed by atoms with van der Waals surface area (Å²) in [7, 11) is -7.05. The van der Waals surface area contributed by atoms with Gasteiger partial charge in [-0.1, -0.05) is 26.2 Å². The molecule has 0 bridgehead atoms. The summed E-state index contributed by atoms with van der Waals surface area (Å²) in [5.41, 5.74) is 0. The molecule has 0 fully saturated rings. The lowest BCUT2D eigenvalue weighted by atomic mass is 10.4. The molecule has 4 nitrogen and oxygen atoms in total. The van der Waals surface area contributed by atoms with E-state index in [0.717, 1.165) is 6.42 Å². The number of sulfone groups is 2. The maximum Gasteiger partial charge on any atom is 0.220 e. The van der Waals surface area contributed by atoms with Crippen molar-refractivity contribution in [1.29, 1.82) is 0 Å². The van der Waals surface area contributed by atoms with Crippen molar-refractivity contribution in [3.8, 4) is 11.2 Å². The third-order valence-corrected chi connectivity index (χ3v) is 7.28. The van der Waals surface area contributed by atoms with E-state index in [4.69, 9.17) is 0 Å². The highest BCUT2D eigenvalue weighted by molar-refractivity contribution is 7.98. The van der Waals surface area contributed by atoms with Gasteiger partial charge in [0, 0.05) is 11.7 Å². The fourth-order valence-corrected chi connectivity index (χ4v) is 4.97. The van der Waals surface area contributed by atoms with Gasteiger partial charge in [-0.25, -0.2) is 16.8 Å². The molecule has 0 aliphatic rings. The summed E-state index contributed by atoms with van der Waals surface area (Å²) >= 11 is 0. The lowest BCUT2D eigenvalue weighted by Crippen LogP contribution is -2.36. The second kappa shape index (κ2) is 7.15. The highest BCUT2D eigenvalue weighted by atomic mass is 32.2. The lowest BCUT2D eigenvalue weighted by molar-refractivity contribution is 0.565. The topological polar surface area (TPSA) is 68.3 Å². The van der Waals surface area contributed by atoms with Crippen LogP contribution in [0.2, 0.25) is 0 Å². The normalized spacial score (nSPS) is 15.6. The van der Waals surface area contributed by atoms with Crippen molar-refractivity contribution in [2.75, 3.05) is 5.75 Å². The van der Waals surface area contributed by atoms with Crippen molar-refractivity contribution < 1.29 is 16.8 Å². The first-order chi connectivity index (χ1) is 8.19. The van der Waals surface area contributed by atoms with Gasteiger partial charge in [-0.15, -0.1) is 0 Å². The van der Waals surface area contributed by atoms with Gasteiger partial charge in [0.2, 0.25) is 9.84 Å². The van der Waals surface area contributed by atoms with E-state index < -0.39 is 30.2 Å². The maximum atomic E-state index is 11.9. The zero-order chi connectivity index (χ0) is 14.4. The monoisotopic (exact) mass is 294 g/mol. The molecule has 0 saturated heterocycles. The molecule has 0 radical (unpaired) electrons. The Labute approximate surface area is 111 Å². The smallest absolute Gasteiger partial charge is 0.220 e. The lowest BCUT2D eigenvalue weighted by Gasteiger charge is -2.17. The standard InChI is InChI=1S/C12H22O4S2/c1-5-7-9-17(13,14)11(3)12(4)18(15,16)10-8-6-2/h11-12H,5-7,9H2,1-4H3. The second-order valence-electron chi connectivity index (χ2n) is 4.31. The molecule has 0 rings (SSSR count). The van der Waals surface area contributed by atoms with Gasteiger partial charge < -0.3 is 0 Å². The average Bonchev–Trinajstić information content (AvgIpc) is 2.32. The average molecular weight is 294 g/mol. The fourth-order valence-electron chi connectivity index (χ4n) is 1.34. The number of unbranched alkanes of at least 4 members (excludes halogenated alkanes) is 1. The minimum absolute atomic E-state index is 0.0335. The van der Waals surface area contributed by atoms with Crippen molar-refractivity contribution in [1.82, 2.24) is 0 Å². The van der Waals surface area contributed by atoms with E-state index in [9.17, 15) is 16.8 Å². The molecule has 106 valence electrons. The Hall–Kier alpha value is -0.540. The van der Waals surface area contributed by atoms with Gasteiger partial charge in [0.1, 0.15) is 0 Å². The van der Waals surface area contributed by atoms with E-state index in [1.807, 2.05) is 6.92 Å². The zero-order valence-corrected chi connectivity index (χ0v) is 13.1. The Kier molecular flexibility index (Phi) is 6.93. The predicted molar refractivity (Wildman–Crippen MR) is 74.6 cm³/mol.